The summed E-state index contributed by atoms with van der Waals surface area (Å²) in [6.45, 7) is 3.86. The second-order valence-electron chi connectivity index (χ2n) is 10.9. The maximum absolute atomic E-state index is 14.1. The predicted octanol–water partition coefficient (Wildman–Crippen LogP) is 7.51. The molecule has 1 heterocycles. The van der Waals surface area contributed by atoms with Gasteiger partial charge in [-0.1, -0.05) is 61.0 Å². The molecule has 1 aliphatic heterocycles. The lowest BCUT2D eigenvalue weighted by Crippen LogP contribution is -2.33. The van der Waals surface area contributed by atoms with Gasteiger partial charge in [-0.15, -0.1) is 0 Å². The Morgan fingerprint density at radius 2 is 1.45 bits per heavy atom. The highest BCUT2D eigenvalue weighted by atomic mass is 16.5. The molecule has 2 aliphatic rings. The van der Waals surface area contributed by atoms with Gasteiger partial charge in [-0.05, 0) is 110 Å². The number of carbonyl (C=O) groups is 2. The molecule has 1 aliphatic carbocycles. The van der Waals surface area contributed by atoms with Crippen molar-refractivity contribution in [3.05, 3.63) is 131 Å². The van der Waals surface area contributed by atoms with Gasteiger partial charge in [-0.25, -0.2) is 4.79 Å². The van der Waals surface area contributed by atoms with Gasteiger partial charge in [0.1, 0.15) is 18.1 Å². The molecule has 42 heavy (non-hydrogen) atoms. The molecule has 0 saturated carbocycles. The fourth-order valence-corrected chi connectivity index (χ4v) is 5.89. The standard InChI is InChI=1S/C37H35NO4/c39-36(28-16-19-31(20-17-28)41-25-24-38-22-7-2-8-23-38)35-33-15-6-5-10-27(33)18-21-34(35)30-13-9-14-32(26-30)42-37(40)29-11-3-1-4-12-29/h1,3-6,9-17,19-20,26H,2,7-8,18,21-25H2. The van der Waals surface area contributed by atoms with Gasteiger partial charge in [0.05, 0.1) is 5.56 Å². The van der Waals surface area contributed by atoms with Crippen LogP contribution in [0.25, 0.3) is 11.1 Å². The molecule has 4 aromatic carbocycles. The number of allylic oxidation sites excluding steroid dienone is 2. The number of rotatable bonds is 9. The van der Waals surface area contributed by atoms with Crippen molar-refractivity contribution < 1.29 is 19.1 Å². The molecule has 4 aromatic rings. The number of esters is 1. The minimum absolute atomic E-state index is 0.0244. The van der Waals surface area contributed by atoms with Crippen molar-refractivity contribution in [1.82, 2.24) is 4.90 Å². The molecule has 0 atom stereocenters. The Labute approximate surface area is 247 Å². The van der Waals surface area contributed by atoms with Crippen LogP contribution in [0.3, 0.4) is 0 Å². The van der Waals surface area contributed by atoms with Crippen molar-refractivity contribution >= 4 is 22.9 Å². The van der Waals surface area contributed by atoms with Crippen LogP contribution < -0.4 is 9.47 Å². The number of nitrogens with zero attached hydrogens (tertiary/aromatic N) is 1. The fourth-order valence-electron chi connectivity index (χ4n) is 5.89. The number of hydrogen-bond donors (Lipinski definition) is 0. The highest BCUT2D eigenvalue weighted by Gasteiger charge is 2.26. The Morgan fingerprint density at radius 3 is 2.26 bits per heavy atom. The first-order valence-electron chi connectivity index (χ1n) is 14.8. The number of likely N-dealkylation sites (tertiary alicyclic amines) is 1. The average molecular weight is 558 g/mol. The van der Waals surface area contributed by atoms with Gasteiger partial charge in [0.25, 0.3) is 0 Å². The first kappa shape index (κ1) is 27.7. The molecule has 0 bridgehead atoms. The molecule has 5 heteroatoms. The first-order chi connectivity index (χ1) is 20.7. The quantitative estimate of drug-likeness (QED) is 0.121. The number of ether oxygens (including phenoxy) is 2. The van der Waals surface area contributed by atoms with Crippen LogP contribution in [0.1, 0.15) is 63.1 Å². The number of ketones is 1. The summed E-state index contributed by atoms with van der Waals surface area (Å²) < 4.78 is 11.7. The number of hydrogen-bond acceptors (Lipinski definition) is 5. The van der Waals surface area contributed by atoms with Crippen molar-refractivity contribution in [3.63, 3.8) is 0 Å². The zero-order chi connectivity index (χ0) is 28.7. The van der Waals surface area contributed by atoms with E-state index in [9.17, 15) is 9.59 Å². The Hall–Kier alpha value is -4.48. The van der Waals surface area contributed by atoms with Crippen LogP contribution in [0.4, 0.5) is 0 Å². The first-order valence-corrected chi connectivity index (χ1v) is 14.8. The Kier molecular flexibility index (Phi) is 8.57. The summed E-state index contributed by atoms with van der Waals surface area (Å²) in [7, 11) is 0. The Bertz CT molecular complexity index is 1580. The number of Topliss-reactive ketones (excluding diaryl/α,β-unsaturated/α-hetero) is 1. The van der Waals surface area contributed by atoms with Crippen LogP contribution >= 0.6 is 0 Å². The molecule has 0 aromatic heterocycles. The van der Waals surface area contributed by atoms with Crippen molar-refractivity contribution in [2.24, 2.45) is 0 Å². The van der Waals surface area contributed by atoms with Gasteiger partial charge < -0.3 is 9.47 Å². The maximum atomic E-state index is 14.1. The minimum Gasteiger partial charge on any atom is -0.492 e. The summed E-state index contributed by atoms with van der Waals surface area (Å²) in [5, 5.41) is 0. The average Bonchev–Trinajstić information content (AvgIpc) is 3.05. The van der Waals surface area contributed by atoms with Gasteiger partial charge in [0.2, 0.25) is 0 Å². The third-order valence-corrected chi connectivity index (χ3v) is 8.10. The summed E-state index contributed by atoms with van der Waals surface area (Å²) in [5.41, 5.74) is 5.76. The van der Waals surface area contributed by atoms with E-state index in [-0.39, 0.29) is 5.78 Å². The molecule has 1 fully saturated rings. The zero-order valence-electron chi connectivity index (χ0n) is 23.8. The van der Waals surface area contributed by atoms with Crippen molar-refractivity contribution in [3.8, 4) is 11.5 Å². The normalized spacial score (nSPS) is 15.1. The molecule has 0 amide bonds. The van der Waals surface area contributed by atoms with Gasteiger partial charge in [-0.3, -0.25) is 9.69 Å². The fraction of sp³-hybridized carbons (Fsp3) is 0.243. The minimum atomic E-state index is -0.412. The summed E-state index contributed by atoms with van der Waals surface area (Å²) in [6.07, 6.45) is 5.40. The van der Waals surface area contributed by atoms with E-state index in [0.29, 0.717) is 35.5 Å². The van der Waals surface area contributed by atoms with E-state index >= 15 is 0 Å². The molecule has 0 spiro atoms. The van der Waals surface area contributed by atoms with E-state index < -0.39 is 5.97 Å². The topological polar surface area (TPSA) is 55.8 Å². The summed E-state index contributed by atoms with van der Waals surface area (Å²) in [4.78, 5) is 29.3. The number of piperidine rings is 1. The maximum Gasteiger partial charge on any atom is 0.343 e. The lowest BCUT2D eigenvalue weighted by Gasteiger charge is -2.26. The highest BCUT2D eigenvalue weighted by molar-refractivity contribution is 6.35. The van der Waals surface area contributed by atoms with Crippen molar-refractivity contribution in [2.45, 2.75) is 32.1 Å². The van der Waals surface area contributed by atoms with Crippen molar-refractivity contribution in [2.75, 3.05) is 26.2 Å². The van der Waals surface area contributed by atoms with E-state index in [0.717, 1.165) is 54.1 Å². The SMILES string of the molecule is O=C(Oc1cccc(C2=C(C(=O)c3ccc(OCCN4CCCCC4)cc3)c3ccccc3CC2)c1)c1ccccc1. The van der Waals surface area contributed by atoms with E-state index in [1.807, 2.05) is 78.9 Å². The third-order valence-electron chi connectivity index (χ3n) is 8.10. The van der Waals surface area contributed by atoms with Crippen molar-refractivity contribution in [1.29, 1.82) is 0 Å². The van der Waals surface area contributed by atoms with E-state index in [1.165, 1.54) is 19.3 Å². The van der Waals surface area contributed by atoms with Crippen LogP contribution in [0.15, 0.2) is 103 Å². The molecule has 212 valence electrons. The zero-order valence-corrected chi connectivity index (χ0v) is 23.8. The number of aryl methyl sites for hydroxylation is 1. The molecule has 5 nitrogen and oxygen atoms in total. The van der Waals surface area contributed by atoms with E-state index in [2.05, 4.69) is 11.0 Å². The largest absolute Gasteiger partial charge is 0.492 e. The molecule has 1 saturated heterocycles. The smallest absolute Gasteiger partial charge is 0.343 e. The van der Waals surface area contributed by atoms with Gasteiger partial charge in [-0.2, -0.15) is 0 Å². The monoisotopic (exact) mass is 557 g/mol. The second kappa shape index (κ2) is 13.0. The van der Waals surface area contributed by atoms with Gasteiger partial charge in [0, 0.05) is 17.7 Å². The van der Waals surface area contributed by atoms with E-state index in [4.69, 9.17) is 9.47 Å². The number of fused-ring (bicyclic) bond motifs is 1. The van der Waals surface area contributed by atoms with Crippen LogP contribution in [0.5, 0.6) is 11.5 Å². The lowest BCUT2D eigenvalue weighted by molar-refractivity contribution is 0.0734. The molecule has 0 N–H and O–H groups in total. The van der Waals surface area contributed by atoms with Crippen LogP contribution in [-0.4, -0.2) is 42.9 Å². The predicted molar refractivity (Wildman–Crippen MR) is 166 cm³/mol. The van der Waals surface area contributed by atoms with Crippen LogP contribution in [0, 0.1) is 0 Å². The molecular weight excluding hydrogens is 522 g/mol. The number of carbonyl (C=O) groups excluding carboxylic acids is 2. The number of benzene rings is 4. The summed E-state index contributed by atoms with van der Waals surface area (Å²) in [6, 6.07) is 32.0. The van der Waals surface area contributed by atoms with Gasteiger partial charge in [0.15, 0.2) is 5.78 Å². The third kappa shape index (κ3) is 6.37. The molecular formula is C37H35NO4. The van der Waals surface area contributed by atoms with Crippen LogP contribution in [-0.2, 0) is 6.42 Å². The molecule has 6 rings (SSSR count). The van der Waals surface area contributed by atoms with Gasteiger partial charge >= 0.3 is 5.97 Å². The lowest BCUT2D eigenvalue weighted by atomic mass is 9.79. The summed E-state index contributed by atoms with van der Waals surface area (Å²) in [5.74, 6) is 0.786. The second-order valence-corrected chi connectivity index (χ2v) is 10.9. The Morgan fingerprint density at radius 1 is 0.690 bits per heavy atom. The van der Waals surface area contributed by atoms with E-state index in [1.54, 1.807) is 18.2 Å². The Balaban J connectivity index is 1.25. The highest BCUT2D eigenvalue weighted by Crippen LogP contribution is 2.39. The van der Waals surface area contributed by atoms with Crippen LogP contribution in [0.2, 0.25) is 0 Å². The summed E-state index contributed by atoms with van der Waals surface area (Å²) >= 11 is 0. The molecule has 0 unspecified atom stereocenters. The molecule has 0 radical (unpaired) electrons.